The molecule has 0 N–H and O–H groups in total. The average molecular weight is 372 g/mol. The van der Waals surface area contributed by atoms with Gasteiger partial charge in [-0.15, -0.1) is 6.58 Å². The second-order valence-electron chi connectivity index (χ2n) is 7.27. The Morgan fingerprint density at radius 2 is 2.15 bits per heavy atom. The monoisotopic (exact) mass is 372 g/mol. The van der Waals surface area contributed by atoms with Gasteiger partial charge in [-0.1, -0.05) is 13.0 Å². The van der Waals surface area contributed by atoms with E-state index in [-0.39, 0.29) is 30.0 Å². The lowest BCUT2D eigenvalue weighted by atomic mass is 9.65. The van der Waals surface area contributed by atoms with Crippen LogP contribution in [0.25, 0.3) is 0 Å². The van der Waals surface area contributed by atoms with E-state index >= 15 is 0 Å². The third-order valence-electron chi connectivity index (χ3n) is 6.01. The number of fused-ring (bicyclic) bond motifs is 2. The minimum absolute atomic E-state index is 0.0525. The van der Waals surface area contributed by atoms with E-state index in [0.717, 1.165) is 11.3 Å². The number of rotatable bonds is 5. The van der Waals surface area contributed by atoms with Gasteiger partial charge in [0.05, 0.1) is 7.11 Å². The zero-order chi connectivity index (χ0) is 19.2. The predicted octanol–water partition coefficient (Wildman–Crippen LogP) is 3.57. The Bertz CT molecular complexity index is 813. The van der Waals surface area contributed by atoms with E-state index in [2.05, 4.69) is 13.5 Å². The van der Waals surface area contributed by atoms with Gasteiger partial charge in [0.15, 0.2) is 17.3 Å². The zero-order valence-electron chi connectivity index (χ0n) is 15.8. The zero-order valence-corrected chi connectivity index (χ0v) is 15.8. The Morgan fingerprint density at radius 3 is 2.85 bits per heavy atom. The lowest BCUT2D eigenvalue weighted by Gasteiger charge is -2.37. The molecule has 0 amide bonds. The van der Waals surface area contributed by atoms with E-state index in [9.17, 15) is 4.79 Å². The summed E-state index contributed by atoms with van der Waals surface area (Å²) in [6.07, 6.45) is 4.10. The lowest BCUT2D eigenvalue weighted by Crippen LogP contribution is -2.39. The maximum absolute atomic E-state index is 12.4. The van der Waals surface area contributed by atoms with E-state index in [1.54, 1.807) is 20.3 Å². The Kier molecular flexibility index (Phi) is 4.38. The minimum atomic E-state index is -0.454. The molecule has 1 aliphatic carbocycles. The number of ether oxygens (including phenoxy) is 5. The number of hydrogen-bond donors (Lipinski definition) is 0. The van der Waals surface area contributed by atoms with Gasteiger partial charge >= 0.3 is 0 Å². The van der Waals surface area contributed by atoms with Crippen LogP contribution in [0.4, 0.5) is 0 Å². The molecule has 4 atom stereocenters. The van der Waals surface area contributed by atoms with Crippen LogP contribution in [0.5, 0.6) is 17.2 Å². The van der Waals surface area contributed by atoms with E-state index in [1.165, 1.54) is 0 Å². The third-order valence-corrected chi connectivity index (χ3v) is 6.01. The highest BCUT2D eigenvalue weighted by molar-refractivity contribution is 5.95. The molecule has 1 fully saturated rings. The van der Waals surface area contributed by atoms with Gasteiger partial charge in [-0.05, 0) is 25.0 Å². The third kappa shape index (κ3) is 2.62. The van der Waals surface area contributed by atoms with Crippen LogP contribution < -0.4 is 14.2 Å². The van der Waals surface area contributed by atoms with E-state index in [4.69, 9.17) is 23.7 Å². The first-order valence-electron chi connectivity index (χ1n) is 9.08. The summed E-state index contributed by atoms with van der Waals surface area (Å²) in [6.45, 7) is 6.24. The first kappa shape index (κ1) is 17.9. The van der Waals surface area contributed by atoms with Crippen molar-refractivity contribution in [3.8, 4) is 17.2 Å². The van der Waals surface area contributed by atoms with Crippen molar-refractivity contribution in [3.63, 3.8) is 0 Å². The molecule has 0 aromatic heterocycles. The fraction of sp³-hybridized carbons (Fsp3) is 0.476. The smallest absolute Gasteiger partial charge is 0.231 e. The molecule has 6 nitrogen and oxygen atoms in total. The number of ketones is 1. The van der Waals surface area contributed by atoms with Gasteiger partial charge in [0.2, 0.25) is 12.5 Å². The fourth-order valence-corrected chi connectivity index (χ4v) is 4.49. The summed E-state index contributed by atoms with van der Waals surface area (Å²) in [6, 6.07) is 3.85. The Labute approximate surface area is 158 Å². The first-order chi connectivity index (χ1) is 13.0. The highest BCUT2D eigenvalue weighted by Gasteiger charge is 2.55. The van der Waals surface area contributed by atoms with E-state index < -0.39 is 6.10 Å². The molecule has 2 aliphatic heterocycles. The van der Waals surface area contributed by atoms with Crippen LogP contribution in [0.3, 0.4) is 0 Å². The normalized spacial score (nSPS) is 31.1. The average Bonchev–Trinajstić information content (AvgIpc) is 3.24. The number of carbonyl (C=O) groups is 1. The minimum Gasteiger partial charge on any atom is -0.493 e. The molecule has 1 saturated heterocycles. The van der Waals surface area contributed by atoms with Crippen LogP contribution in [-0.2, 0) is 14.3 Å². The molecule has 0 saturated carbocycles. The van der Waals surface area contributed by atoms with E-state index in [1.807, 2.05) is 18.2 Å². The van der Waals surface area contributed by atoms with Crippen molar-refractivity contribution < 1.29 is 28.5 Å². The molecule has 1 aromatic carbocycles. The fourth-order valence-electron chi connectivity index (χ4n) is 4.49. The highest BCUT2D eigenvalue weighted by Crippen LogP contribution is 2.60. The molecule has 6 heteroatoms. The summed E-state index contributed by atoms with van der Waals surface area (Å²) in [5.41, 5.74) is 0.619. The molecule has 27 heavy (non-hydrogen) atoms. The molecule has 4 rings (SSSR count). The highest BCUT2D eigenvalue weighted by atomic mass is 16.7. The number of hydrogen-bond acceptors (Lipinski definition) is 6. The van der Waals surface area contributed by atoms with Crippen molar-refractivity contribution in [1.82, 2.24) is 0 Å². The second-order valence-corrected chi connectivity index (χ2v) is 7.27. The molecular weight excluding hydrogens is 348 g/mol. The van der Waals surface area contributed by atoms with E-state index in [0.29, 0.717) is 30.1 Å². The Morgan fingerprint density at radius 1 is 1.33 bits per heavy atom. The van der Waals surface area contributed by atoms with Crippen molar-refractivity contribution in [2.75, 3.05) is 21.0 Å². The Balaban J connectivity index is 1.76. The number of benzene rings is 1. The van der Waals surface area contributed by atoms with Crippen LogP contribution >= 0.6 is 0 Å². The summed E-state index contributed by atoms with van der Waals surface area (Å²) in [4.78, 5) is 12.4. The van der Waals surface area contributed by atoms with Crippen molar-refractivity contribution >= 4 is 5.78 Å². The van der Waals surface area contributed by atoms with Crippen LogP contribution in [-0.4, -0.2) is 32.9 Å². The Hall–Kier alpha value is -2.47. The van der Waals surface area contributed by atoms with Crippen LogP contribution in [0.1, 0.15) is 31.4 Å². The lowest BCUT2D eigenvalue weighted by molar-refractivity contribution is -0.127. The van der Waals surface area contributed by atoms with Crippen LogP contribution in [0.2, 0.25) is 0 Å². The van der Waals surface area contributed by atoms with Gasteiger partial charge in [0.1, 0.15) is 18.0 Å². The summed E-state index contributed by atoms with van der Waals surface area (Å²) < 4.78 is 28.3. The van der Waals surface area contributed by atoms with Gasteiger partial charge in [0.25, 0.3) is 0 Å². The molecule has 0 bridgehead atoms. The van der Waals surface area contributed by atoms with Gasteiger partial charge in [0, 0.05) is 30.1 Å². The quantitative estimate of drug-likeness (QED) is 0.737. The van der Waals surface area contributed by atoms with Gasteiger partial charge in [-0.25, -0.2) is 0 Å². The molecule has 0 spiro atoms. The van der Waals surface area contributed by atoms with Crippen LogP contribution in [0, 0.1) is 11.3 Å². The maximum atomic E-state index is 12.4. The maximum Gasteiger partial charge on any atom is 0.231 e. The number of methoxy groups -OCH3 is 2. The van der Waals surface area contributed by atoms with Crippen molar-refractivity contribution in [1.29, 1.82) is 0 Å². The molecular formula is C21H24O6. The van der Waals surface area contributed by atoms with Crippen molar-refractivity contribution in [2.24, 2.45) is 11.3 Å². The summed E-state index contributed by atoms with van der Waals surface area (Å²) in [5, 5.41) is 0. The summed E-state index contributed by atoms with van der Waals surface area (Å²) in [5.74, 6) is 2.64. The van der Waals surface area contributed by atoms with Gasteiger partial charge < -0.3 is 23.7 Å². The van der Waals surface area contributed by atoms with Crippen molar-refractivity contribution in [2.45, 2.75) is 32.0 Å². The topological polar surface area (TPSA) is 63.2 Å². The number of allylic oxidation sites excluding steroid dienone is 2. The standard InChI is InChI=1S/C21H24O6/c1-5-6-21-10-17(24-4)14(22)9-18(21)27-19(12(21)2)13-7-15(23-3)20-16(8-13)25-11-26-20/h5,7-9,12,17,19H,1,6,10-11H2,2-4H3/t12-,17-,19-,21+/m1/s1. The molecule has 144 valence electrons. The van der Waals surface area contributed by atoms with Gasteiger partial charge in [-0.3, -0.25) is 4.79 Å². The largest absolute Gasteiger partial charge is 0.493 e. The second kappa shape index (κ2) is 6.60. The molecule has 1 aromatic rings. The SMILES string of the molecule is C=CC[C@@]12C[C@@H](OC)C(=O)C=C1O[C@@H](c1cc(OC)c3c(c1)OCO3)[C@H]2C. The molecule has 2 heterocycles. The predicted molar refractivity (Wildman–Crippen MR) is 97.9 cm³/mol. The molecule has 0 radical (unpaired) electrons. The van der Waals surface area contributed by atoms with Gasteiger partial charge in [-0.2, -0.15) is 0 Å². The van der Waals surface area contributed by atoms with Crippen molar-refractivity contribution in [3.05, 3.63) is 42.2 Å². The first-order valence-corrected chi connectivity index (χ1v) is 9.08. The summed E-state index contributed by atoms with van der Waals surface area (Å²) in [7, 11) is 3.17. The van der Waals surface area contributed by atoms with Crippen LogP contribution in [0.15, 0.2) is 36.6 Å². The molecule has 3 aliphatic rings. The summed E-state index contributed by atoms with van der Waals surface area (Å²) >= 11 is 0. The number of carbonyl (C=O) groups excluding carboxylic acids is 1. The molecule has 0 unspecified atom stereocenters.